The van der Waals surface area contributed by atoms with E-state index >= 15 is 0 Å². The molecule has 29 heavy (non-hydrogen) atoms. The summed E-state index contributed by atoms with van der Waals surface area (Å²) in [5.74, 6) is 1.84. The maximum atomic E-state index is 12.9. The van der Waals surface area contributed by atoms with E-state index in [1.54, 1.807) is 6.20 Å². The summed E-state index contributed by atoms with van der Waals surface area (Å²) in [6.07, 6.45) is 6.71. The first-order valence-corrected chi connectivity index (χ1v) is 10.2. The number of hydrogen-bond donors (Lipinski definition) is 0. The number of piperidine rings is 1. The second-order valence-corrected chi connectivity index (χ2v) is 8.63. The van der Waals surface area contributed by atoms with Crippen molar-refractivity contribution in [2.45, 2.75) is 32.7 Å². The molecule has 1 amide bonds. The normalized spacial score (nSPS) is 20.9. The van der Waals surface area contributed by atoms with Crippen LogP contribution in [0, 0.1) is 5.41 Å². The predicted octanol–water partition coefficient (Wildman–Crippen LogP) is 3.11. The van der Waals surface area contributed by atoms with Crippen molar-refractivity contribution < 1.29 is 14.3 Å². The van der Waals surface area contributed by atoms with E-state index in [0.717, 1.165) is 56.0 Å². The van der Waals surface area contributed by atoms with Crippen LogP contribution >= 0.6 is 0 Å². The van der Waals surface area contributed by atoms with Gasteiger partial charge in [0.05, 0.1) is 6.54 Å². The highest BCUT2D eigenvalue weighted by Gasteiger charge is 2.33. The van der Waals surface area contributed by atoms with E-state index < -0.39 is 0 Å². The van der Waals surface area contributed by atoms with Crippen LogP contribution in [0.5, 0.6) is 11.5 Å². The van der Waals surface area contributed by atoms with Crippen molar-refractivity contribution in [1.82, 2.24) is 14.8 Å². The summed E-state index contributed by atoms with van der Waals surface area (Å²) in [6, 6.07) is 10.1. The number of likely N-dealkylation sites (N-methyl/N-ethyl adjacent to an activating group) is 1. The van der Waals surface area contributed by atoms with E-state index in [0.29, 0.717) is 13.3 Å². The Kier molecular flexibility index (Phi) is 5.72. The summed E-state index contributed by atoms with van der Waals surface area (Å²) in [5.41, 5.74) is 2.43. The molecular formula is C23H29N3O3. The monoisotopic (exact) mass is 395 g/mol. The van der Waals surface area contributed by atoms with E-state index in [9.17, 15) is 4.79 Å². The summed E-state index contributed by atoms with van der Waals surface area (Å²) in [6.45, 7) is 5.37. The lowest BCUT2D eigenvalue weighted by Gasteiger charge is -2.41. The van der Waals surface area contributed by atoms with Crippen molar-refractivity contribution in [2.75, 3.05) is 33.5 Å². The van der Waals surface area contributed by atoms with Crippen LogP contribution in [0.25, 0.3) is 0 Å². The molecule has 0 bridgehead atoms. The highest BCUT2D eigenvalue weighted by atomic mass is 16.7. The molecular weight excluding hydrogens is 366 g/mol. The molecule has 0 saturated carbocycles. The molecule has 3 heterocycles. The Morgan fingerprint density at radius 1 is 1.24 bits per heavy atom. The molecule has 0 spiro atoms. The molecule has 4 rings (SSSR count). The van der Waals surface area contributed by atoms with E-state index in [1.165, 1.54) is 5.56 Å². The lowest BCUT2D eigenvalue weighted by Crippen LogP contribution is -2.48. The number of aromatic nitrogens is 1. The molecule has 1 fully saturated rings. The Morgan fingerprint density at radius 2 is 2.10 bits per heavy atom. The number of amides is 1. The fraction of sp³-hybridized carbons (Fsp3) is 0.478. The van der Waals surface area contributed by atoms with Crippen molar-refractivity contribution in [3.8, 4) is 11.5 Å². The second-order valence-electron chi connectivity index (χ2n) is 8.63. The molecule has 6 heteroatoms. The zero-order chi connectivity index (χ0) is 20.3. The van der Waals surface area contributed by atoms with Gasteiger partial charge in [-0.1, -0.05) is 19.1 Å². The van der Waals surface area contributed by atoms with Gasteiger partial charge >= 0.3 is 0 Å². The van der Waals surface area contributed by atoms with Crippen molar-refractivity contribution in [3.63, 3.8) is 0 Å². The van der Waals surface area contributed by atoms with Crippen LogP contribution < -0.4 is 9.47 Å². The summed E-state index contributed by atoms with van der Waals surface area (Å²) >= 11 is 0. The van der Waals surface area contributed by atoms with Crippen LogP contribution in [0.3, 0.4) is 0 Å². The molecule has 1 atom stereocenters. The van der Waals surface area contributed by atoms with Gasteiger partial charge < -0.3 is 14.4 Å². The van der Waals surface area contributed by atoms with Crippen LogP contribution in [0.1, 0.15) is 30.9 Å². The highest BCUT2D eigenvalue weighted by Crippen LogP contribution is 2.37. The predicted molar refractivity (Wildman–Crippen MR) is 111 cm³/mol. The molecule has 6 nitrogen and oxygen atoms in total. The lowest BCUT2D eigenvalue weighted by molar-refractivity contribution is -0.135. The molecule has 2 aliphatic heterocycles. The molecule has 1 aromatic heterocycles. The molecule has 0 N–H and O–H groups in total. The number of benzene rings is 1. The molecule has 2 aromatic rings. The summed E-state index contributed by atoms with van der Waals surface area (Å²) < 4.78 is 10.9. The SMILES string of the molecule is CN(CC(=O)N1CCCC(C)(Cc2ccc3c(c2)OCO3)C1)Cc1cccnc1. The fourth-order valence-electron chi connectivity index (χ4n) is 4.41. The minimum absolute atomic E-state index is 0.0729. The number of likely N-dealkylation sites (tertiary alicyclic amines) is 1. The molecule has 2 aliphatic rings. The second kappa shape index (κ2) is 8.41. The third-order valence-corrected chi connectivity index (χ3v) is 5.78. The van der Waals surface area contributed by atoms with E-state index in [-0.39, 0.29) is 11.3 Å². The third-order valence-electron chi connectivity index (χ3n) is 5.78. The number of nitrogens with zero attached hydrogens (tertiary/aromatic N) is 3. The van der Waals surface area contributed by atoms with E-state index in [4.69, 9.17) is 9.47 Å². The largest absolute Gasteiger partial charge is 0.454 e. The number of fused-ring (bicyclic) bond motifs is 1. The minimum atomic E-state index is 0.0729. The topological polar surface area (TPSA) is 54.9 Å². The van der Waals surface area contributed by atoms with Gasteiger partial charge in [-0.15, -0.1) is 0 Å². The number of pyridine rings is 1. The van der Waals surface area contributed by atoms with Gasteiger partial charge in [0.1, 0.15) is 0 Å². The first kappa shape index (κ1) is 19.7. The van der Waals surface area contributed by atoms with Crippen molar-refractivity contribution in [2.24, 2.45) is 5.41 Å². The Hall–Kier alpha value is -2.60. The van der Waals surface area contributed by atoms with Gasteiger partial charge in [0, 0.05) is 32.0 Å². The minimum Gasteiger partial charge on any atom is -0.454 e. The Morgan fingerprint density at radius 3 is 2.93 bits per heavy atom. The van der Waals surface area contributed by atoms with Gasteiger partial charge in [0.15, 0.2) is 11.5 Å². The number of carbonyl (C=O) groups is 1. The molecule has 154 valence electrons. The number of hydrogen-bond acceptors (Lipinski definition) is 5. The average molecular weight is 396 g/mol. The van der Waals surface area contributed by atoms with Gasteiger partial charge in [-0.2, -0.15) is 0 Å². The van der Waals surface area contributed by atoms with Gasteiger partial charge in [0.25, 0.3) is 0 Å². The first-order chi connectivity index (χ1) is 14.0. The molecule has 1 aromatic carbocycles. The third kappa shape index (κ3) is 4.88. The van der Waals surface area contributed by atoms with Gasteiger partial charge in [-0.25, -0.2) is 0 Å². The van der Waals surface area contributed by atoms with E-state index in [1.807, 2.05) is 36.3 Å². The maximum Gasteiger partial charge on any atom is 0.236 e. The van der Waals surface area contributed by atoms with Gasteiger partial charge in [0.2, 0.25) is 12.7 Å². The summed E-state index contributed by atoms with van der Waals surface area (Å²) in [5, 5.41) is 0. The van der Waals surface area contributed by atoms with Gasteiger partial charge in [-0.3, -0.25) is 14.7 Å². The van der Waals surface area contributed by atoms with Crippen molar-refractivity contribution in [3.05, 3.63) is 53.9 Å². The molecule has 0 aliphatic carbocycles. The Balaban J connectivity index is 1.35. The van der Waals surface area contributed by atoms with Crippen molar-refractivity contribution >= 4 is 5.91 Å². The summed E-state index contributed by atoms with van der Waals surface area (Å²) in [7, 11) is 1.99. The Bertz CT molecular complexity index is 858. The highest BCUT2D eigenvalue weighted by molar-refractivity contribution is 5.78. The lowest BCUT2D eigenvalue weighted by atomic mass is 9.77. The number of carbonyl (C=O) groups excluding carboxylic acids is 1. The smallest absolute Gasteiger partial charge is 0.236 e. The van der Waals surface area contributed by atoms with Crippen LogP contribution in [0.2, 0.25) is 0 Å². The maximum absolute atomic E-state index is 12.9. The Labute approximate surface area is 172 Å². The zero-order valence-electron chi connectivity index (χ0n) is 17.3. The van der Waals surface area contributed by atoms with Crippen LogP contribution in [-0.2, 0) is 17.8 Å². The summed E-state index contributed by atoms with van der Waals surface area (Å²) in [4.78, 5) is 21.2. The van der Waals surface area contributed by atoms with Crippen molar-refractivity contribution in [1.29, 1.82) is 0 Å². The molecule has 1 unspecified atom stereocenters. The van der Waals surface area contributed by atoms with Gasteiger partial charge in [-0.05, 0) is 61.1 Å². The average Bonchev–Trinajstić information content (AvgIpc) is 3.16. The standard InChI is InChI=1S/C23H29N3O3/c1-23(12-18-6-7-20-21(11-18)29-17-28-20)8-4-10-26(16-23)22(27)15-25(2)14-19-5-3-9-24-13-19/h3,5-7,9,11,13H,4,8,10,12,14-17H2,1-2H3. The number of rotatable bonds is 6. The van der Waals surface area contributed by atoms with E-state index in [2.05, 4.69) is 28.9 Å². The van der Waals surface area contributed by atoms with Crippen LogP contribution in [0.15, 0.2) is 42.7 Å². The molecule has 1 saturated heterocycles. The number of ether oxygens (including phenoxy) is 2. The van der Waals surface area contributed by atoms with Crippen LogP contribution in [-0.4, -0.2) is 54.2 Å². The zero-order valence-corrected chi connectivity index (χ0v) is 17.3. The first-order valence-electron chi connectivity index (χ1n) is 10.2. The molecule has 0 radical (unpaired) electrons. The van der Waals surface area contributed by atoms with Crippen LogP contribution in [0.4, 0.5) is 0 Å². The quantitative estimate of drug-likeness (QED) is 0.752. The fourth-order valence-corrected chi connectivity index (χ4v) is 4.41.